The van der Waals surface area contributed by atoms with Gasteiger partial charge in [-0.1, -0.05) is 56.6 Å². The maximum absolute atomic E-state index is 13.3. The lowest BCUT2D eigenvalue weighted by Gasteiger charge is -2.19. The highest BCUT2D eigenvalue weighted by molar-refractivity contribution is 6.31. The van der Waals surface area contributed by atoms with Gasteiger partial charge in [0.15, 0.2) is 12.4 Å². The normalized spacial score (nSPS) is 11.4. The van der Waals surface area contributed by atoms with E-state index in [-0.39, 0.29) is 22.3 Å². The van der Waals surface area contributed by atoms with E-state index in [4.69, 9.17) is 20.8 Å². The van der Waals surface area contributed by atoms with E-state index in [1.807, 2.05) is 24.3 Å². The summed E-state index contributed by atoms with van der Waals surface area (Å²) in [7, 11) is 0. The van der Waals surface area contributed by atoms with Gasteiger partial charge in [-0.05, 0) is 53.4 Å². The summed E-state index contributed by atoms with van der Waals surface area (Å²) in [5, 5.41) is 3.23. The number of halogens is 2. The summed E-state index contributed by atoms with van der Waals surface area (Å²) in [4.78, 5) is 25.7. The summed E-state index contributed by atoms with van der Waals surface area (Å²) in [6, 6.07) is 17.7. The van der Waals surface area contributed by atoms with Crippen LogP contribution in [-0.2, 0) is 10.2 Å². The average molecular weight is 480 g/mol. The van der Waals surface area contributed by atoms with Gasteiger partial charge in [0.2, 0.25) is 11.2 Å². The first-order chi connectivity index (χ1) is 16.1. The molecule has 0 unspecified atom stereocenters. The molecule has 3 aromatic carbocycles. The van der Waals surface area contributed by atoms with Crippen LogP contribution in [0.3, 0.4) is 0 Å². The molecule has 0 aliphatic carbocycles. The summed E-state index contributed by atoms with van der Waals surface area (Å²) in [6.45, 7) is 5.88. The molecular formula is C27H23ClFNO4. The Hall–Kier alpha value is -3.64. The second-order valence-electron chi connectivity index (χ2n) is 8.90. The van der Waals surface area contributed by atoms with Crippen LogP contribution < -0.4 is 15.5 Å². The van der Waals surface area contributed by atoms with Crippen LogP contribution in [0.5, 0.6) is 5.75 Å². The zero-order chi connectivity index (χ0) is 24.5. The highest BCUT2D eigenvalue weighted by Crippen LogP contribution is 2.33. The molecular weight excluding hydrogens is 457 g/mol. The zero-order valence-electron chi connectivity index (χ0n) is 18.9. The fourth-order valence-electron chi connectivity index (χ4n) is 3.46. The van der Waals surface area contributed by atoms with Crippen molar-refractivity contribution in [3.05, 3.63) is 93.4 Å². The van der Waals surface area contributed by atoms with Crippen molar-refractivity contribution in [2.45, 2.75) is 26.2 Å². The van der Waals surface area contributed by atoms with Gasteiger partial charge < -0.3 is 14.5 Å². The van der Waals surface area contributed by atoms with Crippen LogP contribution in [0.15, 0.2) is 75.9 Å². The van der Waals surface area contributed by atoms with Gasteiger partial charge in [0.1, 0.15) is 11.4 Å². The van der Waals surface area contributed by atoms with E-state index < -0.39 is 23.8 Å². The summed E-state index contributed by atoms with van der Waals surface area (Å²) in [5.74, 6) is -0.794. The molecule has 34 heavy (non-hydrogen) atoms. The minimum Gasteiger partial charge on any atom is -0.476 e. The quantitative estimate of drug-likeness (QED) is 0.351. The van der Waals surface area contributed by atoms with Crippen LogP contribution in [0.2, 0.25) is 5.02 Å². The summed E-state index contributed by atoms with van der Waals surface area (Å²) < 4.78 is 24.8. The molecule has 0 fully saturated rings. The molecule has 4 aromatic rings. The van der Waals surface area contributed by atoms with Gasteiger partial charge in [-0.25, -0.2) is 4.39 Å². The lowest BCUT2D eigenvalue weighted by Crippen LogP contribution is -2.22. The van der Waals surface area contributed by atoms with Gasteiger partial charge in [0, 0.05) is 16.3 Å². The van der Waals surface area contributed by atoms with E-state index in [1.54, 1.807) is 12.1 Å². The molecule has 1 amide bonds. The molecule has 0 saturated carbocycles. The van der Waals surface area contributed by atoms with E-state index in [2.05, 4.69) is 26.1 Å². The summed E-state index contributed by atoms with van der Waals surface area (Å²) in [6.07, 6.45) is 0. The number of nitrogens with one attached hydrogen (secondary N) is 1. The predicted octanol–water partition coefficient (Wildman–Crippen LogP) is 6.57. The number of carbonyl (C=O) groups excluding carboxylic acids is 1. The molecule has 1 N–H and O–H groups in total. The van der Waals surface area contributed by atoms with E-state index >= 15 is 0 Å². The third-order valence-corrected chi connectivity index (χ3v) is 5.53. The minimum absolute atomic E-state index is 0.0444. The highest BCUT2D eigenvalue weighted by Gasteiger charge is 2.20. The van der Waals surface area contributed by atoms with Crippen LogP contribution >= 0.6 is 11.6 Å². The molecule has 7 heteroatoms. The smallest absolute Gasteiger partial charge is 0.262 e. The van der Waals surface area contributed by atoms with Crippen molar-refractivity contribution in [1.82, 2.24) is 0 Å². The van der Waals surface area contributed by atoms with Crippen molar-refractivity contribution < 1.29 is 18.3 Å². The first-order valence-electron chi connectivity index (χ1n) is 10.7. The molecule has 0 spiro atoms. The number of amides is 1. The Morgan fingerprint density at radius 2 is 1.71 bits per heavy atom. The zero-order valence-corrected chi connectivity index (χ0v) is 19.7. The number of hydrogen-bond donors (Lipinski definition) is 1. The van der Waals surface area contributed by atoms with E-state index in [9.17, 15) is 14.0 Å². The molecule has 174 valence electrons. The van der Waals surface area contributed by atoms with Crippen LogP contribution in [0.25, 0.3) is 22.3 Å². The molecule has 1 aromatic heterocycles. The third kappa shape index (κ3) is 5.13. The van der Waals surface area contributed by atoms with Gasteiger partial charge in [-0.2, -0.15) is 0 Å². The second-order valence-corrected chi connectivity index (χ2v) is 9.34. The Morgan fingerprint density at radius 1 is 1.03 bits per heavy atom. The third-order valence-electron chi connectivity index (χ3n) is 5.30. The van der Waals surface area contributed by atoms with E-state index in [0.717, 1.165) is 5.56 Å². The molecule has 0 radical (unpaired) electrons. The van der Waals surface area contributed by atoms with Gasteiger partial charge in [-0.3, -0.25) is 9.59 Å². The van der Waals surface area contributed by atoms with Gasteiger partial charge >= 0.3 is 0 Å². The van der Waals surface area contributed by atoms with Gasteiger partial charge in [0.05, 0.1) is 5.39 Å². The number of benzene rings is 3. The Morgan fingerprint density at radius 3 is 2.35 bits per heavy atom. The standard InChI is InChI=1S/C27H23ClFNO4/c1-27(2,3)17-6-4-16(5-7-17)25-26(24(32)21-14-18(28)8-13-22(21)34-25)33-15-23(31)30-20-11-9-19(29)10-12-20/h4-14H,15H2,1-3H3,(H,30,31). The van der Waals surface area contributed by atoms with Gasteiger partial charge in [-0.15, -0.1) is 0 Å². The van der Waals surface area contributed by atoms with Crippen LogP contribution in [0.1, 0.15) is 26.3 Å². The number of rotatable bonds is 5. The molecule has 0 aliphatic rings. The molecule has 0 aliphatic heterocycles. The average Bonchev–Trinajstić information content (AvgIpc) is 2.80. The SMILES string of the molecule is CC(C)(C)c1ccc(-c2oc3ccc(Cl)cc3c(=O)c2OCC(=O)Nc2ccc(F)cc2)cc1. The fourth-order valence-corrected chi connectivity index (χ4v) is 3.63. The topological polar surface area (TPSA) is 68.5 Å². The first-order valence-corrected chi connectivity index (χ1v) is 11.0. The monoisotopic (exact) mass is 479 g/mol. The number of ether oxygens (including phenoxy) is 1. The molecule has 0 bridgehead atoms. The Balaban J connectivity index is 1.70. The minimum atomic E-state index is -0.508. The lowest BCUT2D eigenvalue weighted by molar-refractivity contribution is -0.118. The highest BCUT2D eigenvalue weighted by atomic mass is 35.5. The van der Waals surface area contributed by atoms with Crippen LogP contribution in [-0.4, -0.2) is 12.5 Å². The van der Waals surface area contributed by atoms with Gasteiger partial charge in [0.25, 0.3) is 5.91 Å². The fraction of sp³-hybridized carbons (Fsp3) is 0.185. The molecule has 4 rings (SSSR count). The van der Waals surface area contributed by atoms with Crippen molar-refractivity contribution >= 4 is 34.2 Å². The largest absolute Gasteiger partial charge is 0.476 e. The maximum Gasteiger partial charge on any atom is 0.262 e. The van der Waals surface area contributed by atoms with Crippen molar-refractivity contribution in [3.63, 3.8) is 0 Å². The Kier molecular flexibility index (Phi) is 6.44. The van der Waals surface area contributed by atoms with E-state index in [1.165, 1.54) is 30.3 Å². The number of carbonyl (C=O) groups is 1. The predicted molar refractivity (Wildman–Crippen MR) is 132 cm³/mol. The Bertz CT molecular complexity index is 1400. The van der Waals surface area contributed by atoms with Crippen molar-refractivity contribution in [2.75, 3.05) is 11.9 Å². The molecule has 0 atom stereocenters. The molecule has 1 heterocycles. The molecule has 5 nitrogen and oxygen atoms in total. The molecule has 0 saturated heterocycles. The van der Waals surface area contributed by atoms with Crippen LogP contribution in [0, 0.1) is 5.82 Å². The summed E-state index contributed by atoms with van der Waals surface area (Å²) >= 11 is 6.08. The lowest BCUT2D eigenvalue weighted by atomic mass is 9.86. The number of hydrogen-bond acceptors (Lipinski definition) is 4. The maximum atomic E-state index is 13.3. The van der Waals surface area contributed by atoms with Crippen molar-refractivity contribution in [2.24, 2.45) is 0 Å². The first kappa shape index (κ1) is 23.5. The summed E-state index contributed by atoms with van der Waals surface area (Å²) in [5.41, 5.74) is 2.03. The van der Waals surface area contributed by atoms with Crippen LogP contribution in [0.4, 0.5) is 10.1 Å². The van der Waals surface area contributed by atoms with Crippen molar-refractivity contribution in [1.29, 1.82) is 0 Å². The number of anilines is 1. The number of fused-ring (bicyclic) bond motifs is 1. The van der Waals surface area contributed by atoms with Crippen molar-refractivity contribution in [3.8, 4) is 17.1 Å². The van der Waals surface area contributed by atoms with E-state index in [0.29, 0.717) is 21.9 Å². The Labute approximate surface area is 201 Å². The second kappa shape index (κ2) is 9.31.